The van der Waals surface area contributed by atoms with Gasteiger partial charge in [0.1, 0.15) is 17.1 Å². The Morgan fingerprint density at radius 2 is 1.79 bits per heavy atom. The highest BCUT2D eigenvalue weighted by atomic mass is 19.4. The zero-order chi connectivity index (χ0) is 17.2. The van der Waals surface area contributed by atoms with Crippen LogP contribution in [0, 0.1) is 5.82 Å². The van der Waals surface area contributed by atoms with E-state index in [1.807, 2.05) is 0 Å². The molecule has 0 aliphatic carbocycles. The normalized spacial score (nSPS) is 11.7. The van der Waals surface area contributed by atoms with E-state index in [2.05, 4.69) is 4.98 Å². The zero-order valence-electron chi connectivity index (χ0n) is 12.5. The molecule has 0 aliphatic rings. The van der Waals surface area contributed by atoms with Gasteiger partial charge in [-0.05, 0) is 29.8 Å². The largest absolute Gasteiger partial charge is 0.492 e. The number of nitrogens with zero attached hydrogens (tertiary/aromatic N) is 1. The summed E-state index contributed by atoms with van der Waals surface area (Å²) in [5.41, 5.74) is 0.0415. The number of fused-ring (bicyclic) bond motifs is 1. The summed E-state index contributed by atoms with van der Waals surface area (Å²) in [6, 6.07) is 11.3. The van der Waals surface area contributed by atoms with Crippen molar-refractivity contribution in [3.63, 3.8) is 0 Å². The van der Waals surface area contributed by atoms with Crippen molar-refractivity contribution in [1.29, 1.82) is 0 Å². The van der Waals surface area contributed by atoms with Crippen LogP contribution in [-0.4, -0.2) is 11.6 Å². The van der Waals surface area contributed by atoms with Crippen LogP contribution in [0.25, 0.3) is 10.9 Å². The van der Waals surface area contributed by atoms with Gasteiger partial charge in [0.2, 0.25) is 0 Å². The van der Waals surface area contributed by atoms with E-state index in [1.54, 1.807) is 24.3 Å². The summed E-state index contributed by atoms with van der Waals surface area (Å²) in [5, 5.41) is 0.529. The van der Waals surface area contributed by atoms with Crippen LogP contribution in [0.3, 0.4) is 0 Å². The van der Waals surface area contributed by atoms with Gasteiger partial charge in [-0.3, -0.25) is 4.98 Å². The molecule has 3 aromatic rings. The first-order chi connectivity index (χ1) is 11.4. The molecule has 0 aliphatic heterocycles. The monoisotopic (exact) mass is 335 g/mol. The Labute approximate surface area is 135 Å². The predicted molar refractivity (Wildman–Crippen MR) is 82.3 cm³/mol. The van der Waals surface area contributed by atoms with Crippen molar-refractivity contribution in [3.05, 3.63) is 71.7 Å². The molecule has 124 valence electrons. The third kappa shape index (κ3) is 3.48. The number of halogens is 4. The Morgan fingerprint density at radius 3 is 2.58 bits per heavy atom. The molecule has 0 unspecified atom stereocenters. The van der Waals surface area contributed by atoms with E-state index in [0.29, 0.717) is 23.1 Å². The maximum atomic E-state index is 13.7. The van der Waals surface area contributed by atoms with E-state index in [4.69, 9.17) is 4.74 Å². The molecule has 1 aromatic heterocycles. The van der Waals surface area contributed by atoms with Gasteiger partial charge in [0.25, 0.3) is 0 Å². The highest BCUT2D eigenvalue weighted by Gasteiger charge is 2.30. The van der Waals surface area contributed by atoms with Crippen molar-refractivity contribution in [3.8, 4) is 5.75 Å². The van der Waals surface area contributed by atoms with Crippen molar-refractivity contribution >= 4 is 10.9 Å². The fourth-order valence-electron chi connectivity index (χ4n) is 2.42. The Kier molecular flexibility index (Phi) is 4.38. The van der Waals surface area contributed by atoms with Gasteiger partial charge in [-0.2, -0.15) is 13.2 Å². The predicted octanol–water partition coefficient (Wildman–Crippen LogP) is 5.01. The fourth-order valence-corrected chi connectivity index (χ4v) is 2.42. The first-order valence-corrected chi connectivity index (χ1v) is 7.27. The molecule has 1 heterocycles. The van der Waals surface area contributed by atoms with Crippen LogP contribution in [0.1, 0.15) is 11.1 Å². The summed E-state index contributed by atoms with van der Waals surface area (Å²) in [4.78, 5) is 3.97. The average Bonchev–Trinajstić information content (AvgIpc) is 2.55. The Balaban J connectivity index is 1.73. The molecule has 0 N–H and O–H groups in total. The first-order valence-electron chi connectivity index (χ1n) is 7.27. The molecular weight excluding hydrogens is 322 g/mol. The third-order valence-corrected chi connectivity index (χ3v) is 3.58. The molecule has 0 radical (unpaired) electrons. The van der Waals surface area contributed by atoms with Gasteiger partial charge >= 0.3 is 6.18 Å². The topological polar surface area (TPSA) is 22.1 Å². The molecular formula is C18H13F4NO. The van der Waals surface area contributed by atoms with E-state index in [0.717, 1.165) is 12.1 Å². The van der Waals surface area contributed by atoms with Gasteiger partial charge < -0.3 is 4.74 Å². The molecule has 6 heteroatoms. The Bertz CT molecular complexity index is 861. The molecule has 0 atom stereocenters. The number of benzene rings is 2. The van der Waals surface area contributed by atoms with Gasteiger partial charge in [-0.15, -0.1) is 0 Å². The zero-order valence-corrected chi connectivity index (χ0v) is 12.5. The minimum Gasteiger partial charge on any atom is -0.492 e. The van der Waals surface area contributed by atoms with Crippen LogP contribution in [0.2, 0.25) is 0 Å². The second-order valence-electron chi connectivity index (χ2n) is 5.24. The summed E-state index contributed by atoms with van der Waals surface area (Å²) in [6.07, 6.45) is -2.62. The van der Waals surface area contributed by atoms with Gasteiger partial charge in [-0.1, -0.05) is 24.3 Å². The molecule has 2 aromatic carbocycles. The van der Waals surface area contributed by atoms with Crippen LogP contribution in [-0.2, 0) is 12.6 Å². The second kappa shape index (κ2) is 6.47. The lowest BCUT2D eigenvalue weighted by Gasteiger charge is -2.11. The summed E-state index contributed by atoms with van der Waals surface area (Å²) in [7, 11) is 0. The first kappa shape index (κ1) is 16.2. The van der Waals surface area contributed by atoms with Crippen LogP contribution in [0.15, 0.2) is 54.7 Å². The van der Waals surface area contributed by atoms with Crippen molar-refractivity contribution in [2.75, 3.05) is 6.61 Å². The van der Waals surface area contributed by atoms with Crippen LogP contribution in [0.5, 0.6) is 5.75 Å². The summed E-state index contributed by atoms with van der Waals surface area (Å²) in [6.45, 7) is 0.178. The average molecular weight is 335 g/mol. The van der Waals surface area contributed by atoms with Crippen molar-refractivity contribution < 1.29 is 22.3 Å². The van der Waals surface area contributed by atoms with Crippen molar-refractivity contribution in [2.45, 2.75) is 12.6 Å². The lowest BCUT2D eigenvalue weighted by molar-refractivity contribution is -0.137. The number of ether oxygens (including phenoxy) is 1. The van der Waals surface area contributed by atoms with E-state index in [1.165, 1.54) is 18.3 Å². The van der Waals surface area contributed by atoms with E-state index in [-0.39, 0.29) is 12.1 Å². The van der Waals surface area contributed by atoms with Crippen molar-refractivity contribution in [2.24, 2.45) is 0 Å². The Morgan fingerprint density at radius 1 is 1.00 bits per heavy atom. The molecule has 0 spiro atoms. The number of hydrogen-bond donors (Lipinski definition) is 0. The molecule has 24 heavy (non-hydrogen) atoms. The lowest BCUT2D eigenvalue weighted by Crippen LogP contribution is -2.07. The maximum Gasteiger partial charge on any atom is 0.416 e. The maximum absolute atomic E-state index is 13.7. The minimum absolute atomic E-state index is 0.178. The number of aromatic nitrogens is 1. The summed E-state index contributed by atoms with van der Waals surface area (Å²) >= 11 is 0. The van der Waals surface area contributed by atoms with Crippen LogP contribution in [0.4, 0.5) is 17.6 Å². The smallest absolute Gasteiger partial charge is 0.416 e. The van der Waals surface area contributed by atoms with Gasteiger partial charge in [0, 0.05) is 18.0 Å². The van der Waals surface area contributed by atoms with E-state index in [9.17, 15) is 17.6 Å². The van der Waals surface area contributed by atoms with Gasteiger partial charge in [0.05, 0.1) is 12.2 Å². The third-order valence-electron chi connectivity index (χ3n) is 3.58. The van der Waals surface area contributed by atoms with Crippen LogP contribution < -0.4 is 4.74 Å². The number of alkyl halides is 3. The number of para-hydroxylation sites is 1. The van der Waals surface area contributed by atoms with E-state index < -0.39 is 17.6 Å². The fraction of sp³-hybridized carbons (Fsp3) is 0.167. The van der Waals surface area contributed by atoms with Crippen molar-refractivity contribution in [1.82, 2.24) is 4.98 Å². The number of hydrogen-bond acceptors (Lipinski definition) is 2. The van der Waals surface area contributed by atoms with Crippen LogP contribution >= 0.6 is 0 Å². The summed E-state index contributed by atoms with van der Waals surface area (Å²) in [5.74, 6) is 0.00213. The SMILES string of the molecule is Fc1cccc2c(OCCc3cccc(C(F)(F)F)c3)ccnc12. The minimum atomic E-state index is -4.37. The van der Waals surface area contributed by atoms with Gasteiger partial charge in [-0.25, -0.2) is 4.39 Å². The number of rotatable bonds is 4. The molecule has 0 fully saturated rings. The summed E-state index contributed by atoms with van der Waals surface area (Å²) < 4.78 is 57.4. The molecule has 3 rings (SSSR count). The highest BCUT2D eigenvalue weighted by Crippen LogP contribution is 2.30. The standard InChI is InChI=1S/C18H13F4NO/c19-15-6-2-5-14-16(7-9-23-17(14)15)24-10-8-12-3-1-4-13(11-12)18(20,21)22/h1-7,9,11H,8,10H2. The molecule has 0 saturated carbocycles. The molecule has 2 nitrogen and oxygen atoms in total. The quantitative estimate of drug-likeness (QED) is 0.625. The van der Waals surface area contributed by atoms with E-state index >= 15 is 0 Å². The molecule has 0 amide bonds. The Hall–Kier alpha value is -2.63. The number of pyridine rings is 1. The second-order valence-corrected chi connectivity index (χ2v) is 5.24. The molecule has 0 bridgehead atoms. The van der Waals surface area contributed by atoms with Gasteiger partial charge in [0.15, 0.2) is 0 Å². The molecule has 0 saturated heterocycles. The highest BCUT2D eigenvalue weighted by molar-refractivity contribution is 5.85. The lowest BCUT2D eigenvalue weighted by atomic mass is 10.1.